The maximum atomic E-state index is 11.6. The highest BCUT2D eigenvalue weighted by Gasteiger charge is 2.03. The molecular weight excluding hydrogens is 256 g/mol. The lowest BCUT2D eigenvalue weighted by atomic mass is 10.2. The Morgan fingerprint density at radius 1 is 1.35 bits per heavy atom. The summed E-state index contributed by atoms with van der Waals surface area (Å²) in [6, 6.07) is 5.32. The van der Waals surface area contributed by atoms with E-state index in [1.165, 1.54) is 6.07 Å². The van der Waals surface area contributed by atoms with Gasteiger partial charge in [0.05, 0.1) is 12.3 Å². The lowest BCUT2D eigenvalue weighted by Gasteiger charge is -2.06. The third kappa shape index (κ3) is 4.56. The molecule has 0 amide bonds. The van der Waals surface area contributed by atoms with Gasteiger partial charge in [0.15, 0.2) is 0 Å². The highest BCUT2D eigenvalue weighted by molar-refractivity contribution is 5.16. The molecule has 2 rings (SSSR count). The smallest absolute Gasteiger partial charge is 0.251 e. The summed E-state index contributed by atoms with van der Waals surface area (Å²) in [7, 11) is 1.65. The van der Waals surface area contributed by atoms with Gasteiger partial charge in [-0.15, -0.1) is 0 Å². The van der Waals surface area contributed by atoms with Crippen LogP contribution in [0, 0.1) is 0 Å². The molecule has 6 heteroatoms. The van der Waals surface area contributed by atoms with E-state index in [0.717, 1.165) is 17.8 Å². The van der Waals surface area contributed by atoms with Crippen LogP contribution in [0.2, 0.25) is 0 Å². The maximum Gasteiger partial charge on any atom is 0.251 e. The summed E-state index contributed by atoms with van der Waals surface area (Å²) < 4.78 is 4.95. The minimum Gasteiger partial charge on any atom is -0.383 e. The Hall–Kier alpha value is -2.05. The minimum atomic E-state index is -0.132. The molecule has 2 aromatic rings. The molecular formula is C14H18N4O2. The third-order valence-electron chi connectivity index (χ3n) is 2.75. The van der Waals surface area contributed by atoms with E-state index in [1.807, 2.05) is 12.1 Å². The van der Waals surface area contributed by atoms with Crippen molar-refractivity contribution in [3.05, 3.63) is 58.0 Å². The van der Waals surface area contributed by atoms with Gasteiger partial charge in [-0.25, -0.2) is 4.98 Å². The summed E-state index contributed by atoms with van der Waals surface area (Å²) in [6.07, 6.45) is 4.04. The number of nitrogens with zero attached hydrogens (tertiary/aromatic N) is 2. The maximum absolute atomic E-state index is 11.6. The minimum absolute atomic E-state index is 0.132. The first-order valence-electron chi connectivity index (χ1n) is 6.45. The van der Waals surface area contributed by atoms with Crippen molar-refractivity contribution in [3.8, 4) is 0 Å². The Morgan fingerprint density at radius 2 is 2.15 bits per heavy atom. The number of hydrogen-bond acceptors (Lipinski definition) is 5. The second-order valence-corrected chi connectivity index (χ2v) is 4.39. The highest BCUT2D eigenvalue weighted by atomic mass is 16.5. The third-order valence-corrected chi connectivity index (χ3v) is 2.75. The van der Waals surface area contributed by atoms with Crippen LogP contribution in [0.5, 0.6) is 0 Å². The predicted molar refractivity (Wildman–Crippen MR) is 75.5 cm³/mol. The first-order chi connectivity index (χ1) is 9.78. The molecule has 20 heavy (non-hydrogen) atoms. The molecule has 0 aliphatic rings. The summed E-state index contributed by atoms with van der Waals surface area (Å²) in [5.41, 5.74) is 1.66. The summed E-state index contributed by atoms with van der Waals surface area (Å²) in [5, 5.41) is 3.17. The molecule has 2 N–H and O–H groups in total. The molecule has 0 saturated carbocycles. The zero-order chi connectivity index (χ0) is 14.2. The van der Waals surface area contributed by atoms with Crippen molar-refractivity contribution in [2.75, 3.05) is 20.3 Å². The van der Waals surface area contributed by atoms with Crippen LogP contribution >= 0.6 is 0 Å². The van der Waals surface area contributed by atoms with Gasteiger partial charge < -0.3 is 15.0 Å². The zero-order valence-electron chi connectivity index (χ0n) is 11.4. The SMILES string of the molecule is COCCNCc1cc(=O)[nH]c(Cc2ccncc2)n1. The van der Waals surface area contributed by atoms with Crippen molar-refractivity contribution in [1.82, 2.24) is 20.3 Å². The van der Waals surface area contributed by atoms with E-state index >= 15 is 0 Å². The number of methoxy groups -OCH3 is 1. The number of hydrogen-bond donors (Lipinski definition) is 2. The van der Waals surface area contributed by atoms with Gasteiger partial charge in [-0.3, -0.25) is 9.78 Å². The average molecular weight is 274 g/mol. The summed E-state index contributed by atoms with van der Waals surface area (Å²) in [6.45, 7) is 1.91. The number of pyridine rings is 1. The van der Waals surface area contributed by atoms with Crippen molar-refractivity contribution in [1.29, 1.82) is 0 Å². The lowest BCUT2D eigenvalue weighted by molar-refractivity contribution is 0.199. The van der Waals surface area contributed by atoms with Gasteiger partial charge in [0.25, 0.3) is 5.56 Å². The van der Waals surface area contributed by atoms with E-state index in [9.17, 15) is 4.79 Å². The molecule has 0 saturated heterocycles. The van der Waals surface area contributed by atoms with E-state index in [1.54, 1.807) is 19.5 Å². The second-order valence-electron chi connectivity index (χ2n) is 4.39. The van der Waals surface area contributed by atoms with Crippen LogP contribution < -0.4 is 10.9 Å². The predicted octanol–water partition coefficient (Wildman–Crippen LogP) is 0.492. The molecule has 0 atom stereocenters. The number of H-pyrrole nitrogens is 1. The molecule has 0 radical (unpaired) electrons. The van der Waals surface area contributed by atoms with Gasteiger partial charge in [0, 0.05) is 45.1 Å². The van der Waals surface area contributed by atoms with Gasteiger partial charge >= 0.3 is 0 Å². The topological polar surface area (TPSA) is 79.9 Å². The molecule has 2 aromatic heterocycles. The number of ether oxygens (including phenoxy) is 1. The van der Waals surface area contributed by atoms with E-state index in [0.29, 0.717) is 25.4 Å². The van der Waals surface area contributed by atoms with E-state index in [4.69, 9.17) is 4.74 Å². The molecule has 0 fully saturated rings. The molecule has 106 valence electrons. The van der Waals surface area contributed by atoms with Crippen molar-refractivity contribution in [2.45, 2.75) is 13.0 Å². The fraction of sp³-hybridized carbons (Fsp3) is 0.357. The number of aromatic nitrogens is 3. The molecule has 6 nitrogen and oxygen atoms in total. The molecule has 0 bridgehead atoms. The van der Waals surface area contributed by atoms with Gasteiger partial charge in [-0.05, 0) is 17.7 Å². The van der Waals surface area contributed by atoms with Crippen LogP contribution in [-0.4, -0.2) is 35.2 Å². The monoisotopic (exact) mass is 274 g/mol. The Balaban J connectivity index is 2.03. The van der Waals surface area contributed by atoms with Crippen LogP contribution in [0.25, 0.3) is 0 Å². The van der Waals surface area contributed by atoms with Gasteiger partial charge in [0.1, 0.15) is 5.82 Å². The van der Waals surface area contributed by atoms with Gasteiger partial charge in [-0.1, -0.05) is 0 Å². The molecule has 2 heterocycles. The van der Waals surface area contributed by atoms with Gasteiger partial charge in [0.2, 0.25) is 0 Å². The van der Waals surface area contributed by atoms with Crippen molar-refractivity contribution in [3.63, 3.8) is 0 Å². The number of aromatic amines is 1. The molecule has 0 aliphatic carbocycles. The van der Waals surface area contributed by atoms with Gasteiger partial charge in [-0.2, -0.15) is 0 Å². The fourth-order valence-electron chi connectivity index (χ4n) is 1.82. The van der Waals surface area contributed by atoms with E-state index in [-0.39, 0.29) is 5.56 Å². The molecule has 0 aliphatic heterocycles. The zero-order valence-corrected chi connectivity index (χ0v) is 11.4. The summed E-state index contributed by atoms with van der Waals surface area (Å²) >= 11 is 0. The van der Waals surface area contributed by atoms with Crippen LogP contribution in [0.3, 0.4) is 0 Å². The standard InChI is InChI=1S/C14H18N4O2/c1-20-7-6-16-10-12-9-14(19)18-13(17-12)8-11-2-4-15-5-3-11/h2-5,9,16H,6-8,10H2,1H3,(H,17,18,19). The highest BCUT2D eigenvalue weighted by Crippen LogP contribution is 2.03. The van der Waals surface area contributed by atoms with Crippen LogP contribution in [-0.2, 0) is 17.7 Å². The average Bonchev–Trinajstić information content (AvgIpc) is 2.44. The Labute approximate surface area is 117 Å². The lowest BCUT2D eigenvalue weighted by Crippen LogP contribution is -2.22. The normalized spacial score (nSPS) is 10.7. The molecule has 0 unspecified atom stereocenters. The Bertz CT molecular complexity index is 583. The quantitative estimate of drug-likeness (QED) is 0.718. The first-order valence-corrected chi connectivity index (χ1v) is 6.45. The summed E-state index contributed by atoms with van der Waals surface area (Å²) in [5.74, 6) is 0.659. The number of rotatable bonds is 7. The molecule has 0 aromatic carbocycles. The second kappa shape index (κ2) is 7.52. The fourth-order valence-corrected chi connectivity index (χ4v) is 1.82. The molecule has 0 spiro atoms. The van der Waals surface area contributed by atoms with Crippen molar-refractivity contribution < 1.29 is 4.74 Å². The van der Waals surface area contributed by atoms with Crippen LogP contribution in [0.1, 0.15) is 17.1 Å². The Morgan fingerprint density at radius 3 is 2.90 bits per heavy atom. The van der Waals surface area contributed by atoms with Crippen LogP contribution in [0.15, 0.2) is 35.4 Å². The van der Waals surface area contributed by atoms with Crippen LogP contribution in [0.4, 0.5) is 0 Å². The largest absolute Gasteiger partial charge is 0.383 e. The first kappa shape index (κ1) is 14.4. The van der Waals surface area contributed by atoms with Crippen molar-refractivity contribution >= 4 is 0 Å². The number of nitrogens with one attached hydrogen (secondary N) is 2. The van der Waals surface area contributed by atoms with E-state index < -0.39 is 0 Å². The summed E-state index contributed by atoms with van der Waals surface area (Å²) in [4.78, 5) is 22.8. The van der Waals surface area contributed by atoms with Crippen molar-refractivity contribution in [2.24, 2.45) is 0 Å². The van der Waals surface area contributed by atoms with E-state index in [2.05, 4.69) is 20.3 Å². The Kier molecular flexibility index (Phi) is 5.40.